The first kappa shape index (κ1) is 18.0. The van der Waals surface area contributed by atoms with Gasteiger partial charge in [0.25, 0.3) is 0 Å². The summed E-state index contributed by atoms with van der Waals surface area (Å²) in [6.07, 6.45) is 5.08. The fourth-order valence-electron chi connectivity index (χ4n) is 2.89. The van der Waals surface area contributed by atoms with Gasteiger partial charge in [-0.15, -0.1) is 0 Å². The average Bonchev–Trinajstić information content (AvgIpc) is 2.66. The van der Waals surface area contributed by atoms with Crippen molar-refractivity contribution in [1.29, 1.82) is 0 Å². The molecule has 2 aromatic heterocycles. The standard InChI is InChI=1S/C20H25N5O/c1-15(2)20-22-16(3)14-18(23-20)24-10-12-25(13-11-24)19(26)8-7-17-6-4-5-9-21-17/h4-9,14-15H,10-13H2,1-3H3/b8-7+. The number of hydrogen-bond donors (Lipinski definition) is 0. The lowest BCUT2D eigenvalue weighted by Gasteiger charge is -2.35. The van der Waals surface area contributed by atoms with Gasteiger partial charge in [0, 0.05) is 56.1 Å². The maximum absolute atomic E-state index is 12.4. The van der Waals surface area contributed by atoms with Gasteiger partial charge in [-0.25, -0.2) is 9.97 Å². The smallest absolute Gasteiger partial charge is 0.246 e. The molecule has 3 rings (SSSR count). The molecule has 0 unspecified atom stereocenters. The van der Waals surface area contributed by atoms with E-state index in [1.807, 2.05) is 36.1 Å². The van der Waals surface area contributed by atoms with Gasteiger partial charge in [0.2, 0.25) is 5.91 Å². The number of hydrogen-bond acceptors (Lipinski definition) is 5. The van der Waals surface area contributed by atoms with Gasteiger partial charge < -0.3 is 9.80 Å². The topological polar surface area (TPSA) is 62.2 Å². The summed E-state index contributed by atoms with van der Waals surface area (Å²) in [5.41, 5.74) is 1.77. The van der Waals surface area contributed by atoms with Gasteiger partial charge in [-0.3, -0.25) is 9.78 Å². The van der Waals surface area contributed by atoms with Crippen molar-refractivity contribution in [2.45, 2.75) is 26.7 Å². The van der Waals surface area contributed by atoms with Gasteiger partial charge in [0.1, 0.15) is 11.6 Å². The van der Waals surface area contributed by atoms with Crippen LogP contribution in [0, 0.1) is 6.92 Å². The highest BCUT2D eigenvalue weighted by Gasteiger charge is 2.21. The van der Waals surface area contributed by atoms with Gasteiger partial charge in [-0.2, -0.15) is 0 Å². The summed E-state index contributed by atoms with van der Waals surface area (Å²) >= 11 is 0. The van der Waals surface area contributed by atoms with E-state index in [0.717, 1.165) is 36.1 Å². The predicted molar refractivity (Wildman–Crippen MR) is 103 cm³/mol. The van der Waals surface area contributed by atoms with Crippen LogP contribution >= 0.6 is 0 Å². The molecule has 2 aromatic rings. The molecule has 1 aliphatic rings. The zero-order valence-corrected chi connectivity index (χ0v) is 15.6. The second kappa shape index (κ2) is 8.08. The van der Waals surface area contributed by atoms with Crippen LogP contribution in [0.4, 0.5) is 5.82 Å². The highest BCUT2D eigenvalue weighted by atomic mass is 16.2. The van der Waals surface area contributed by atoms with Gasteiger partial charge in [0.15, 0.2) is 0 Å². The third-order valence-corrected chi connectivity index (χ3v) is 4.37. The third kappa shape index (κ3) is 4.45. The van der Waals surface area contributed by atoms with Crippen LogP contribution in [-0.2, 0) is 4.79 Å². The minimum atomic E-state index is 0.0250. The molecule has 1 saturated heterocycles. The molecule has 6 heteroatoms. The monoisotopic (exact) mass is 351 g/mol. The number of anilines is 1. The van der Waals surface area contributed by atoms with Crippen LogP contribution in [0.1, 0.15) is 37.0 Å². The fraction of sp³-hybridized carbons (Fsp3) is 0.400. The SMILES string of the molecule is Cc1cc(N2CCN(C(=O)/C=C/c3ccccn3)CC2)nc(C(C)C)n1. The lowest BCUT2D eigenvalue weighted by molar-refractivity contribution is -0.126. The molecule has 0 aromatic carbocycles. The Morgan fingerprint density at radius 1 is 1.15 bits per heavy atom. The van der Waals surface area contributed by atoms with Crippen molar-refractivity contribution >= 4 is 17.8 Å². The normalized spacial score (nSPS) is 15.1. The Labute approximate surface area is 154 Å². The molecule has 0 spiro atoms. The van der Waals surface area contributed by atoms with Crippen molar-refractivity contribution in [1.82, 2.24) is 19.9 Å². The molecule has 0 atom stereocenters. The summed E-state index contributed by atoms with van der Waals surface area (Å²) in [5.74, 6) is 2.15. The number of rotatable bonds is 4. The number of carbonyl (C=O) groups excluding carboxylic acids is 1. The minimum Gasteiger partial charge on any atom is -0.353 e. The van der Waals surface area contributed by atoms with Crippen LogP contribution < -0.4 is 4.90 Å². The maximum atomic E-state index is 12.4. The van der Waals surface area contributed by atoms with Crippen molar-refractivity contribution < 1.29 is 4.79 Å². The lowest BCUT2D eigenvalue weighted by Crippen LogP contribution is -2.48. The van der Waals surface area contributed by atoms with E-state index in [4.69, 9.17) is 4.98 Å². The third-order valence-electron chi connectivity index (χ3n) is 4.37. The quantitative estimate of drug-likeness (QED) is 0.793. The summed E-state index contributed by atoms with van der Waals surface area (Å²) in [4.78, 5) is 29.9. The maximum Gasteiger partial charge on any atom is 0.246 e. The predicted octanol–water partition coefficient (Wildman–Crippen LogP) is 2.67. The Bertz CT molecular complexity index is 780. The first-order chi connectivity index (χ1) is 12.5. The first-order valence-corrected chi connectivity index (χ1v) is 9.01. The van der Waals surface area contributed by atoms with Crippen LogP contribution in [0.2, 0.25) is 0 Å². The summed E-state index contributed by atoms with van der Waals surface area (Å²) in [5, 5.41) is 0. The van der Waals surface area contributed by atoms with E-state index in [1.54, 1.807) is 18.3 Å². The van der Waals surface area contributed by atoms with Crippen LogP contribution in [0.25, 0.3) is 6.08 Å². The number of carbonyl (C=O) groups is 1. The van der Waals surface area contributed by atoms with Crippen LogP contribution in [0.3, 0.4) is 0 Å². The second-order valence-electron chi connectivity index (χ2n) is 6.78. The lowest BCUT2D eigenvalue weighted by atomic mass is 10.2. The van der Waals surface area contributed by atoms with Crippen molar-refractivity contribution in [3.05, 3.63) is 53.8 Å². The van der Waals surface area contributed by atoms with E-state index in [-0.39, 0.29) is 5.91 Å². The number of piperazine rings is 1. The zero-order valence-electron chi connectivity index (χ0n) is 15.6. The van der Waals surface area contributed by atoms with Crippen LogP contribution in [0.15, 0.2) is 36.5 Å². The number of amides is 1. The van der Waals surface area contributed by atoms with E-state index >= 15 is 0 Å². The summed E-state index contributed by atoms with van der Waals surface area (Å²) in [6, 6.07) is 7.67. The number of aryl methyl sites for hydroxylation is 1. The Balaban J connectivity index is 1.60. The van der Waals surface area contributed by atoms with Crippen molar-refractivity contribution in [3.63, 3.8) is 0 Å². The van der Waals surface area contributed by atoms with E-state index in [9.17, 15) is 4.79 Å². The fourth-order valence-corrected chi connectivity index (χ4v) is 2.89. The van der Waals surface area contributed by atoms with E-state index < -0.39 is 0 Å². The van der Waals surface area contributed by atoms with E-state index in [2.05, 4.69) is 28.7 Å². The minimum absolute atomic E-state index is 0.0250. The molecule has 26 heavy (non-hydrogen) atoms. The Morgan fingerprint density at radius 2 is 1.92 bits per heavy atom. The molecule has 0 bridgehead atoms. The van der Waals surface area contributed by atoms with Gasteiger partial charge >= 0.3 is 0 Å². The highest BCUT2D eigenvalue weighted by Crippen LogP contribution is 2.18. The number of nitrogens with zero attached hydrogens (tertiary/aromatic N) is 5. The molecule has 0 radical (unpaired) electrons. The van der Waals surface area contributed by atoms with Crippen LogP contribution in [0.5, 0.6) is 0 Å². The Morgan fingerprint density at radius 3 is 2.58 bits per heavy atom. The Kier molecular flexibility index (Phi) is 5.61. The van der Waals surface area contributed by atoms with Crippen molar-refractivity contribution in [2.24, 2.45) is 0 Å². The molecule has 6 nitrogen and oxygen atoms in total. The number of pyridine rings is 1. The van der Waals surface area contributed by atoms with Crippen molar-refractivity contribution in [3.8, 4) is 0 Å². The first-order valence-electron chi connectivity index (χ1n) is 9.01. The van der Waals surface area contributed by atoms with Gasteiger partial charge in [-0.1, -0.05) is 19.9 Å². The molecule has 0 aliphatic carbocycles. The molecule has 0 N–H and O–H groups in total. The molecule has 0 saturated carbocycles. The number of aromatic nitrogens is 3. The van der Waals surface area contributed by atoms with Gasteiger partial charge in [0.05, 0.1) is 5.69 Å². The summed E-state index contributed by atoms with van der Waals surface area (Å²) in [6.45, 7) is 9.12. The molecule has 136 valence electrons. The van der Waals surface area contributed by atoms with Crippen LogP contribution in [-0.4, -0.2) is 51.9 Å². The molecule has 1 aliphatic heterocycles. The summed E-state index contributed by atoms with van der Waals surface area (Å²) in [7, 11) is 0. The van der Waals surface area contributed by atoms with E-state index in [1.165, 1.54) is 0 Å². The summed E-state index contributed by atoms with van der Waals surface area (Å²) < 4.78 is 0. The largest absolute Gasteiger partial charge is 0.353 e. The zero-order chi connectivity index (χ0) is 18.5. The average molecular weight is 351 g/mol. The highest BCUT2D eigenvalue weighted by molar-refractivity contribution is 5.91. The molecule has 1 amide bonds. The van der Waals surface area contributed by atoms with E-state index in [0.29, 0.717) is 19.0 Å². The second-order valence-corrected chi connectivity index (χ2v) is 6.78. The molecular weight excluding hydrogens is 326 g/mol. The molecular formula is C20H25N5O. The molecule has 3 heterocycles. The van der Waals surface area contributed by atoms with Crippen molar-refractivity contribution in [2.75, 3.05) is 31.1 Å². The van der Waals surface area contributed by atoms with Gasteiger partial charge in [-0.05, 0) is 25.1 Å². The Hall–Kier alpha value is -2.76. The molecule has 1 fully saturated rings.